The minimum absolute atomic E-state index is 0.0815. The molecule has 17 heavy (non-hydrogen) atoms. The summed E-state index contributed by atoms with van der Waals surface area (Å²) in [5.74, 6) is 0.150. The molecule has 1 fully saturated rings. The number of amides is 1. The van der Waals surface area contributed by atoms with Crippen LogP contribution in [0.4, 0.5) is 0 Å². The Morgan fingerprint density at radius 3 is 2.65 bits per heavy atom. The van der Waals surface area contributed by atoms with Crippen LogP contribution in [0.2, 0.25) is 0 Å². The van der Waals surface area contributed by atoms with E-state index in [1.165, 1.54) is 0 Å². The van der Waals surface area contributed by atoms with Crippen LogP contribution in [0.15, 0.2) is 5.16 Å². The van der Waals surface area contributed by atoms with Gasteiger partial charge >= 0.3 is 0 Å². The van der Waals surface area contributed by atoms with E-state index >= 15 is 0 Å². The number of ether oxygens (including phenoxy) is 1. The number of nitrogens with two attached hydrogens (primary N) is 1. The molecular weight excluding hydrogens is 222 g/mol. The van der Waals surface area contributed by atoms with Gasteiger partial charge in [-0.25, -0.2) is 0 Å². The summed E-state index contributed by atoms with van der Waals surface area (Å²) < 4.78 is 5.24. The largest absolute Gasteiger partial charge is 0.409 e. The van der Waals surface area contributed by atoms with Crippen LogP contribution in [0.3, 0.4) is 0 Å². The molecule has 0 unspecified atom stereocenters. The van der Waals surface area contributed by atoms with Crippen molar-refractivity contribution < 1.29 is 14.7 Å². The molecule has 0 radical (unpaired) electrons. The molecule has 0 atom stereocenters. The smallest absolute Gasteiger partial charge is 0.233 e. The van der Waals surface area contributed by atoms with E-state index in [-0.39, 0.29) is 11.7 Å². The summed E-state index contributed by atoms with van der Waals surface area (Å²) in [6, 6.07) is 0. The molecule has 6 nitrogen and oxygen atoms in total. The third-order valence-electron chi connectivity index (χ3n) is 3.21. The van der Waals surface area contributed by atoms with Crippen LogP contribution in [0.5, 0.6) is 0 Å². The van der Waals surface area contributed by atoms with Crippen LogP contribution in [-0.4, -0.2) is 36.7 Å². The highest BCUT2D eigenvalue weighted by Gasteiger charge is 2.33. The van der Waals surface area contributed by atoms with Gasteiger partial charge in [0.2, 0.25) is 5.91 Å². The van der Waals surface area contributed by atoms with Crippen molar-refractivity contribution >= 4 is 11.7 Å². The van der Waals surface area contributed by atoms with E-state index in [2.05, 4.69) is 10.5 Å². The zero-order valence-corrected chi connectivity index (χ0v) is 10.4. The zero-order valence-electron chi connectivity index (χ0n) is 10.4. The van der Waals surface area contributed by atoms with Gasteiger partial charge in [0.1, 0.15) is 5.41 Å². The van der Waals surface area contributed by atoms with Gasteiger partial charge in [-0.2, -0.15) is 0 Å². The van der Waals surface area contributed by atoms with E-state index in [1.807, 2.05) is 0 Å². The minimum atomic E-state index is -0.986. The topological polar surface area (TPSA) is 96.9 Å². The Balaban J connectivity index is 2.43. The maximum absolute atomic E-state index is 11.9. The number of nitrogens with one attached hydrogen (secondary N) is 1. The van der Waals surface area contributed by atoms with Crippen molar-refractivity contribution in [2.75, 3.05) is 19.8 Å². The number of oxime groups is 1. The van der Waals surface area contributed by atoms with E-state index in [0.717, 1.165) is 26.1 Å². The predicted molar refractivity (Wildman–Crippen MR) is 63.7 cm³/mol. The van der Waals surface area contributed by atoms with Gasteiger partial charge in [0.25, 0.3) is 0 Å². The minimum Gasteiger partial charge on any atom is -0.409 e. The molecule has 1 amide bonds. The lowest BCUT2D eigenvalue weighted by Crippen LogP contribution is -2.47. The lowest BCUT2D eigenvalue weighted by molar-refractivity contribution is -0.126. The van der Waals surface area contributed by atoms with Gasteiger partial charge < -0.3 is 21.0 Å². The molecular formula is C11H21N3O3. The molecule has 0 aromatic carbocycles. The first-order valence-electron chi connectivity index (χ1n) is 5.82. The van der Waals surface area contributed by atoms with E-state index < -0.39 is 5.41 Å². The van der Waals surface area contributed by atoms with E-state index in [4.69, 9.17) is 15.7 Å². The second-order valence-electron chi connectivity index (χ2n) is 4.88. The molecule has 98 valence electrons. The van der Waals surface area contributed by atoms with Gasteiger partial charge in [0, 0.05) is 19.8 Å². The Morgan fingerprint density at radius 1 is 1.53 bits per heavy atom. The molecule has 1 saturated heterocycles. The van der Waals surface area contributed by atoms with Crippen molar-refractivity contribution in [3.63, 3.8) is 0 Å². The summed E-state index contributed by atoms with van der Waals surface area (Å²) in [7, 11) is 0. The highest BCUT2D eigenvalue weighted by Crippen LogP contribution is 2.17. The fraction of sp³-hybridized carbons (Fsp3) is 0.818. The van der Waals surface area contributed by atoms with Crippen molar-refractivity contribution in [2.45, 2.75) is 26.7 Å². The number of hydrogen-bond acceptors (Lipinski definition) is 4. The molecule has 1 heterocycles. The Morgan fingerprint density at radius 2 is 2.12 bits per heavy atom. The Kier molecular flexibility index (Phi) is 4.74. The molecule has 0 spiro atoms. The highest BCUT2D eigenvalue weighted by molar-refractivity contribution is 6.05. The Labute approximate surface area is 101 Å². The van der Waals surface area contributed by atoms with Crippen molar-refractivity contribution in [1.82, 2.24) is 5.32 Å². The van der Waals surface area contributed by atoms with Crippen molar-refractivity contribution in [3.8, 4) is 0 Å². The average Bonchev–Trinajstić information content (AvgIpc) is 2.35. The van der Waals surface area contributed by atoms with Crippen LogP contribution in [0.25, 0.3) is 0 Å². The summed E-state index contributed by atoms with van der Waals surface area (Å²) in [4.78, 5) is 11.9. The standard InChI is InChI=1S/C11H21N3O3/c1-11(2,9(12)14-16)10(15)13-7-8-3-5-17-6-4-8/h8,16H,3-7H2,1-2H3,(H2,12,14)(H,13,15). The van der Waals surface area contributed by atoms with Crippen LogP contribution >= 0.6 is 0 Å². The number of carbonyl (C=O) groups is 1. The summed E-state index contributed by atoms with van der Waals surface area (Å²) in [5, 5.41) is 14.3. The number of carbonyl (C=O) groups excluding carboxylic acids is 1. The monoisotopic (exact) mass is 243 g/mol. The quantitative estimate of drug-likeness (QED) is 0.286. The molecule has 0 bridgehead atoms. The fourth-order valence-electron chi connectivity index (χ4n) is 1.65. The molecule has 4 N–H and O–H groups in total. The molecule has 0 aromatic rings. The van der Waals surface area contributed by atoms with E-state index in [0.29, 0.717) is 12.5 Å². The molecule has 1 aliphatic rings. The van der Waals surface area contributed by atoms with Crippen molar-refractivity contribution in [2.24, 2.45) is 22.2 Å². The van der Waals surface area contributed by atoms with Gasteiger partial charge in [-0.15, -0.1) is 0 Å². The predicted octanol–water partition coefficient (Wildman–Crippen LogP) is 0.302. The van der Waals surface area contributed by atoms with Crippen LogP contribution in [-0.2, 0) is 9.53 Å². The van der Waals surface area contributed by atoms with Crippen molar-refractivity contribution in [3.05, 3.63) is 0 Å². The number of rotatable bonds is 4. The number of nitrogens with zero attached hydrogens (tertiary/aromatic N) is 1. The van der Waals surface area contributed by atoms with Gasteiger partial charge in [0.05, 0.1) is 0 Å². The van der Waals surface area contributed by atoms with Gasteiger partial charge in [-0.05, 0) is 32.6 Å². The summed E-state index contributed by atoms with van der Waals surface area (Å²) in [5.41, 5.74) is 4.49. The first-order valence-corrected chi connectivity index (χ1v) is 5.82. The maximum atomic E-state index is 11.9. The third kappa shape index (κ3) is 3.59. The Bertz CT molecular complexity index is 296. The molecule has 0 saturated carbocycles. The molecule has 6 heteroatoms. The van der Waals surface area contributed by atoms with Crippen LogP contribution < -0.4 is 11.1 Å². The van der Waals surface area contributed by atoms with Gasteiger partial charge in [-0.3, -0.25) is 4.79 Å². The summed E-state index contributed by atoms with van der Waals surface area (Å²) in [6.07, 6.45) is 1.93. The fourth-order valence-corrected chi connectivity index (χ4v) is 1.65. The van der Waals surface area contributed by atoms with Crippen LogP contribution in [0.1, 0.15) is 26.7 Å². The number of amidine groups is 1. The first-order chi connectivity index (χ1) is 7.98. The SMILES string of the molecule is CC(C)(C(=O)NCC1CCOCC1)C(N)=NO. The summed E-state index contributed by atoms with van der Waals surface area (Å²) >= 11 is 0. The third-order valence-corrected chi connectivity index (χ3v) is 3.21. The van der Waals surface area contributed by atoms with Crippen molar-refractivity contribution in [1.29, 1.82) is 0 Å². The zero-order chi connectivity index (χ0) is 12.9. The van der Waals surface area contributed by atoms with Crippen LogP contribution in [0, 0.1) is 11.3 Å². The van der Waals surface area contributed by atoms with E-state index in [1.54, 1.807) is 13.8 Å². The normalized spacial score (nSPS) is 19.1. The molecule has 1 rings (SSSR count). The van der Waals surface area contributed by atoms with Gasteiger partial charge in [-0.1, -0.05) is 5.16 Å². The lowest BCUT2D eigenvalue weighted by Gasteiger charge is -2.26. The Hall–Kier alpha value is -1.30. The number of hydrogen-bond donors (Lipinski definition) is 3. The molecule has 1 aliphatic heterocycles. The lowest BCUT2D eigenvalue weighted by atomic mass is 9.90. The maximum Gasteiger partial charge on any atom is 0.233 e. The summed E-state index contributed by atoms with van der Waals surface area (Å²) in [6.45, 7) is 5.38. The second-order valence-corrected chi connectivity index (χ2v) is 4.88. The average molecular weight is 243 g/mol. The highest BCUT2D eigenvalue weighted by atomic mass is 16.5. The van der Waals surface area contributed by atoms with E-state index in [9.17, 15) is 4.79 Å². The first kappa shape index (κ1) is 13.8. The van der Waals surface area contributed by atoms with Gasteiger partial charge in [0.15, 0.2) is 5.84 Å². The molecule has 0 aromatic heterocycles. The molecule has 0 aliphatic carbocycles. The second kappa shape index (κ2) is 5.86.